The van der Waals surface area contributed by atoms with Gasteiger partial charge in [-0.2, -0.15) is 0 Å². The third-order valence-corrected chi connectivity index (χ3v) is 14.3. The van der Waals surface area contributed by atoms with Crippen LogP contribution in [0, 0.1) is 45.8 Å². The first-order chi connectivity index (χ1) is 20.8. The number of primary amides is 1. The van der Waals surface area contributed by atoms with Gasteiger partial charge in [-0.3, -0.25) is 4.79 Å². The minimum Gasteiger partial charge on any atom is -0.447 e. The van der Waals surface area contributed by atoms with Crippen molar-refractivity contribution in [1.82, 2.24) is 4.90 Å². The summed E-state index contributed by atoms with van der Waals surface area (Å²) in [5, 5.41) is 0. The van der Waals surface area contributed by atoms with E-state index in [1.165, 1.54) is 69.8 Å². The number of nitrogens with two attached hydrogens (primary N) is 1. The van der Waals surface area contributed by atoms with Crippen molar-refractivity contribution in [2.24, 2.45) is 51.6 Å². The highest BCUT2D eigenvalue weighted by Crippen LogP contribution is 2.86. The van der Waals surface area contributed by atoms with Gasteiger partial charge in [0.15, 0.2) is 6.29 Å². The molecule has 11 atom stereocenters. The first-order valence-electron chi connectivity index (χ1n) is 17.5. The fraction of sp³-hybridized carbons (Fsp3) is 0.886. The van der Waals surface area contributed by atoms with Crippen LogP contribution >= 0.6 is 0 Å². The molecule has 8 aliphatic rings. The van der Waals surface area contributed by atoms with E-state index in [0.717, 1.165) is 24.7 Å². The van der Waals surface area contributed by atoms with Gasteiger partial charge in [-0.1, -0.05) is 13.0 Å². The first-order valence-corrected chi connectivity index (χ1v) is 17.5. The SMILES string of the molecule is C/C=C1/C(OC2CN(C(=O)CC3CC3)CCO2)CCC23CC24CCC2(C)C5CCC(COC(N)=O)OC5CC2C4CCC13. The fourth-order valence-electron chi connectivity index (χ4n) is 12.1. The van der Waals surface area contributed by atoms with E-state index in [9.17, 15) is 9.59 Å². The Labute approximate surface area is 256 Å². The van der Waals surface area contributed by atoms with Gasteiger partial charge in [-0.05, 0) is 135 Å². The Hall–Kier alpha value is -1.64. The molecule has 2 amide bonds. The van der Waals surface area contributed by atoms with Crippen molar-refractivity contribution in [2.45, 2.75) is 122 Å². The number of hydrogen-bond acceptors (Lipinski definition) is 6. The smallest absolute Gasteiger partial charge is 0.404 e. The van der Waals surface area contributed by atoms with Crippen LogP contribution in [-0.2, 0) is 23.7 Å². The number of carbonyl (C=O) groups excluding carboxylic acids is 2. The van der Waals surface area contributed by atoms with Crippen molar-refractivity contribution >= 4 is 12.0 Å². The Morgan fingerprint density at radius 1 is 1.02 bits per heavy atom. The molecule has 0 aromatic heterocycles. The van der Waals surface area contributed by atoms with E-state index in [-0.39, 0.29) is 37.1 Å². The molecule has 43 heavy (non-hydrogen) atoms. The van der Waals surface area contributed by atoms with Crippen molar-refractivity contribution in [2.75, 3.05) is 26.3 Å². The second-order valence-corrected chi connectivity index (χ2v) is 15.9. The van der Waals surface area contributed by atoms with Crippen molar-refractivity contribution in [3.8, 4) is 0 Å². The lowest BCUT2D eigenvalue weighted by Crippen LogP contribution is -2.51. The van der Waals surface area contributed by atoms with Crippen LogP contribution < -0.4 is 5.73 Å². The number of carbonyl (C=O) groups is 2. The van der Waals surface area contributed by atoms with Gasteiger partial charge in [-0.25, -0.2) is 4.79 Å². The molecule has 2 aliphatic heterocycles. The van der Waals surface area contributed by atoms with E-state index in [1.807, 2.05) is 4.90 Å². The van der Waals surface area contributed by atoms with E-state index in [0.29, 0.717) is 60.1 Å². The van der Waals surface area contributed by atoms with Crippen LogP contribution in [0.1, 0.15) is 97.3 Å². The maximum Gasteiger partial charge on any atom is 0.404 e. The average molecular weight is 597 g/mol. The molecule has 238 valence electrons. The summed E-state index contributed by atoms with van der Waals surface area (Å²) in [4.78, 5) is 26.0. The Bertz CT molecular complexity index is 1170. The first kappa shape index (κ1) is 28.8. The van der Waals surface area contributed by atoms with Gasteiger partial charge in [0.05, 0.1) is 31.5 Å². The van der Waals surface area contributed by atoms with Gasteiger partial charge in [0.1, 0.15) is 6.61 Å². The minimum atomic E-state index is -0.705. The zero-order valence-corrected chi connectivity index (χ0v) is 26.3. The number of nitrogens with zero attached hydrogens (tertiary/aromatic N) is 1. The monoisotopic (exact) mass is 596 g/mol. The molecule has 2 saturated heterocycles. The molecular formula is C35H52N2O6. The van der Waals surface area contributed by atoms with E-state index < -0.39 is 6.09 Å². The lowest BCUT2D eigenvalue weighted by atomic mass is 9.49. The zero-order valence-electron chi connectivity index (χ0n) is 26.3. The molecule has 8 fully saturated rings. The minimum absolute atomic E-state index is 0.0152. The lowest BCUT2D eigenvalue weighted by Gasteiger charge is -2.56. The molecule has 11 unspecified atom stereocenters. The third-order valence-electron chi connectivity index (χ3n) is 14.3. The standard InChI is InChI=1S/C35H52N2O6/c1-3-23-24-8-9-25-27-17-29-26(7-6-22(42-29)19-41-32(36)39)33(27,2)12-13-35(25)20-34(24,35)11-10-28(23)43-31-18-37(14-15-40-31)30(38)16-21-4-5-21/h3,21-22,24-29,31H,4-20H2,1-2H3,(H2,36,39)/b23-3+. The van der Waals surface area contributed by atoms with Gasteiger partial charge in [0, 0.05) is 13.0 Å². The summed E-state index contributed by atoms with van der Waals surface area (Å²) in [5.74, 6) is 3.64. The van der Waals surface area contributed by atoms with E-state index in [4.69, 9.17) is 24.7 Å². The molecule has 8 rings (SSSR count). The predicted octanol–water partition coefficient (Wildman–Crippen LogP) is 5.58. The molecule has 8 nitrogen and oxygen atoms in total. The highest BCUT2D eigenvalue weighted by molar-refractivity contribution is 5.76. The van der Waals surface area contributed by atoms with Crippen LogP contribution in [0.5, 0.6) is 0 Å². The maximum atomic E-state index is 12.8. The Morgan fingerprint density at radius 2 is 1.86 bits per heavy atom. The number of rotatable bonds is 6. The number of fused-ring (bicyclic) bond motifs is 4. The van der Waals surface area contributed by atoms with Crippen LogP contribution in [0.4, 0.5) is 4.79 Å². The van der Waals surface area contributed by atoms with Gasteiger partial charge in [-0.15, -0.1) is 0 Å². The Kier molecular flexibility index (Phi) is 7.00. The van der Waals surface area contributed by atoms with Crippen LogP contribution in [0.2, 0.25) is 0 Å². The highest BCUT2D eigenvalue weighted by Gasteiger charge is 2.79. The van der Waals surface area contributed by atoms with Gasteiger partial charge in [0.25, 0.3) is 0 Å². The van der Waals surface area contributed by atoms with Gasteiger partial charge < -0.3 is 29.6 Å². The van der Waals surface area contributed by atoms with Crippen molar-refractivity contribution in [3.05, 3.63) is 11.6 Å². The van der Waals surface area contributed by atoms with Gasteiger partial charge in [0.2, 0.25) is 5.91 Å². The summed E-state index contributed by atoms with van der Waals surface area (Å²) >= 11 is 0. The summed E-state index contributed by atoms with van der Waals surface area (Å²) in [7, 11) is 0. The predicted molar refractivity (Wildman–Crippen MR) is 160 cm³/mol. The lowest BCUT2D eigenvalue weighted by molar-refractivity contribution is -0.205. The largest absolute Gasteiger partial charge is 0.447 e. The van der Waals surface area contributed by atoms with E-state index >= 15 is 0 Å². The molecule has 2 heterocycles. The molecule has 0 aromatic rings. The Balaban J connectivity index is 0.942. The zero-order chi connectivity index (χ0) is 29.6. The maximum absolute atomic E-state index is 12.8. The molecule has 6 saturated carbocycles. The van der Waals surface area contributed by atoms with Crippen LogP contribution in [0.3, 0.4) is 0 Å². The fourth-order valence-corrected chi connectivity index (χ4v) is 12.1. The summed E-state index contributed by atoms with van der Waals surface area (Å²) in [6.45, 7) is 6.92. The Morgan fingerprint density at radius 3 is 2.65 bits per heavy atom. The molecule has 8 heteroatoms. The molecule has 0 aromatic carbocycles. The number of hydrogen-bond donors (Lipinski definition) is 1. The molecule has 6 aliphatic carbocycles. The topological polar surface area (TPSA) is 100 Å². The highest BCUT2D eigenvalue weighted by atomic mass is 16.7. The van der Waals surface area contributed by atoms with Crippen LogP contribution in [0.15, 0.2) is 11.6 Å². The summed E-state index contributed by atoms with van der Waals surface area (Å²) in [6.07, 6.45) is 17.1. The van der Waals surface area contributed by atoms with Crippen molar-refractivity contribution in [3.63, 3.8) is 0 Å². The molecule has 0 radical (unpaired) electrons. The third kappa shape index (κ3) is 4.54. The molecular weight excluding hydrogens is 544 g/mol. The van der Waals surface area contributed by atoms with E-state index in [1.54, 1.807) is 0 Å². The second kappa shape index (κ2) is 10.4. The van der Waals surface area contributed by atoms with Gasteiger partial charge >= 0.3 is 6.09 Å². The number of amides is 2. The summed E-state index contributed by atoms with van der Waals surface area (Å²) in [5.41, 5.74) is 8.03. The number of allylic oxidation sites excluding steroid dienone is 1. The molecule has 0 bridgehead atoms. The van der Waals surface area contributed by atoms with Crippen molar-refractivity contribution in [1.29, 1.82) is 0 Å². The van der Waals surface area contributed by atoms with Crippen LogP contribution in [0.25, 0.3) is 0 Å². The number of ether oxygens (including phenoxy) is 4. The summed E-state index contributed by atoms with van der Waals surface area (Å²) in [6, 6.07) is 0. The second-order valence-electron chi connectivity index (χ2n) is 15.9. The normalized spacial score (nSPS) is 49.3. The van der Waals surface area contributed by atoms with E-state index in [2.05, 4.69) is 19.9 Å². The quantitative estimate of drug-likeness (QED) is 0.402. The van der Waals surface area contributed by atoms with Crippen LogP contribution in [-0.4, -0.2) is 67.8 Å². The average Bonchev–Trinajstić information content (AvgIpc) is 3.91. The molecule has 2 spiro atoms. The van der Waals surface area contributed by atoms with Crippen molar-refractivity contribution < 1.29 is 28.5 Å². The molecule has 2 N–H and O–H groups in total. The number of morpholine rings is 1. The summed E-state index contributed by atoms with van der Waals surface area (Å²) < 4.78 is 24.6.